The normalized spacial score (nSPS) is 13.9. The Morgan fingerprint density at radius 2 is 1.97 bits per heavy atom. The van der Waals surface area contributed by atoms with E-state index in [1.54, 1.807) is 12.5 Å². The van der Waals surface area contributed by atoms with Crippen LogP contribution in [0.15, 0.2) is 48.0 Å². The van der Waals surface area contributed by atoms with E-state index in [9.17, 15) is 4.79 Å². The van der Waals surface area contributed by atoms with Crippen LogP contribution >= 0.6 is 23.1 Å². The summed E-state index contributed by atoms with van der Waals surface area (Å²) in [6.45, 7) is 2.51. The maximum atomic E-state index is 12.4. The van der Waals surface area contributed by atoms with Crippen LogP contribution < -0.4 is 15.0 Å². The van der Waals surface area contributed by atoms with Gasteiger partial charge in [0.05, 0.1) is 7.11 Å². The number of rotatable bonds is 6. The lowest BCUT2D eigenvalue weighted by Gasteiger charge is -2.27. The van der Waals surface area contributed by atoms with Crippen LogP contribution in [0.25, 0.3) is 10.6 Å². The summed E-state index contributed by atoms with van der Waals surface area (Å²) in [4.78, 5) is 23.8. The van der Waals surface area contributed by atoms with Crippen molar-refractivity contribution < 1.29 is 9.53 Å². The highest BCUT2D eigenvalue weighted by molar-refractivity contribution is 7.99. The average Bonchev–Trinajstić information content (AvgIpc) is 3.29. The van der Waals surface area contributed by atoms with Gasteiger partial charge in [0.1, 0.15) is 22.3 Å². The Morgan fingerprint density at radius 1 is 1.17 bits per heavy atom. The smallest absolute Gasteiger partial charge is 0.271 e. The molecule has 3 aromatic rings. The van der Waals surface area contributed by atoms with E-state index < -0.39 is 0 Å². The van der Waals surface area contributed by atoms with Crippen molar-refractivity contribution in [3.05, 3.63) is 59.2 Å². The van der Waals surface area contributed by atoms with Gasteiger partial charge >= 0.3 is 0 Å². The molecule has 1 fully saturated rings. The van der Waals surface area contributed by atoms with Crippen molar-refractivity contribution in [1.82, 2.24) is 15.3 Å². The second-order valence-corrected chi connectivity index (χ2v) is 8.66. The first-order valence-electron chi connectivity index (χ1n) is 9.39. The molecule has 29 heavy (non-hydrogen) atoms. The van der Waals surface area contributed by atoms with Crippen molar-refractivity contribution >= 4 is 34.8 Å². The molecule has 1 aromatic carbocycles. The van der Waals surface area contributed by atoms with E-state index in [1.807, 2.05) is 54.4 Å². The zero-order valence-corrected chi connectivity index (χ0v) is 17.8. The Hall–Kier alpha value is -2.58. The Labute approximate surface area is 178 Å². The monoisotopic (exact) mass is 426 g/mol. The zero-order chi connectivity index (χ0) is 20.1. The van der Waals surface area contributed by atoms with Gasteiger partial charge in [-0.15, -0.1) is 11.3 Å². The van der Waals surface area contributed by atoms with Gasteiger partial charge in [-0.3, -0.25) is 4.79 Å². The highest BCUT2D eigenvalue weighted by atomic mass is 32.2. The summed E-state index contributed by atoms with van der Waals surface area (Å²) in [5, 5.41) is 5.49. The zero-order valence-electron chi connectivity index (χ0n) is 16.1. The number of anilines is 1. The molecule has 8 heteroatoms. The number of hydrogen-bond acceptors (Lipinski definition) is 7. The predicted octanol–water partition coefficient (Wildman–Crippen LogP) is 3.70. The number of benzene rings is 1. The van der Waals surface area contributed by atoms with E-state index in [1.165, 1.54) is 11.3 Å². The van der Waals surface area contributed by atoms with Crippen LogP contribution in [-0.4, -0.2) is 47.6 Å². The maximum Gasteiger partial charge on any atom is 0.271 e. The molecule has 1 aliphatic heterocycles. The minimum atomic E-state index is -0.182. The summed E-state index contributed by atoms with van der Waals surface area (Å²) < 4.78 is 5.15. The Kier molecular flexibility index (Phi) is 6.31. The van der Waals surface area contributed by atoms with Crippen LogP contribution in [0.1, 0.15) is 16.1 Å². The number of carbonyl (C=O) groups is 1. The van der Waals surface area contributed by atoms with Crippen LogP contribution in [-0.2, 0) is 6.54 Å². The molecule has 0 aliphatic carbocycles. The van der Waals surface area contributed by atoms with Crippen LogP contribution in [0, 0.1) is 0 Å². The lowest BCUT2D eigenvalue weighted by molar-refractivity contribution is 0.0946. The van der Waals surface area contributed by atoms with Gasteiger partial charge < -0.3 is 15.0 Å². The lowest BCUT2D eigenvalue weighted by Crippen LogP contribution is -2.32. The SMILES string of the molecule is COc1ccc(CNC(=O)c2csc(-c3ccc(N4CCSCC4)nc3)n2)cc1. The second kappa shape index (κ2) is 9.28. The van der Waals surface area contributed by atoms with Gasteiger partial charge in [-0.1, -0.05) is 12.1 Å². The molecule has 1 amide bonds. The quantitative estimate of drug-likeness (QED) is 0.648. The molecule has 1 saturated heterocycles. The van der Waals surface area contributed by atoms with Crippen LogP contribution in [0.2, 0.25) is 0 Å². The summed E-state index contributed by atoms with van der Waals surface area (Å²) in [5.41, 5.74) is 2.36. The van der Waals surface area contributed by atoms with Gasteiger partial charge in [-0.25, -0.2) is 9.97 Å². The first kappa shape index (κ1) is 19.7. The highest BCUT2D eigenvalue weighted by Gasteiger charge is 2.14. The predicted molar refractivity (Wildman–Crippen MR) is 119 cm³/mol. The average molecular weight is 427 g/mol. The molecule has 150 valence electrons. The number of thioether (sulfide) groups is 1. The first-order chi connectivity index (χ1) is 14.2. The number of ether oxygens (including phenoxy) is 1. The molecule has 1 aliphatic rings. The summed E-state index contributed by atoms with van der Waals surface area (Å²) in [5.74, 6) is 3.90. The number of hydrogen-bond donors (Lipinski definition) is 1. The van der Waals surface area contributed by atoms with Gasteiger partial charge in [0.25, 0.3) is 5.91 Å². The molecule has 2 aromatic heterocycles. The Balaban J connectivity index is 1.37. The van der Waals surface area contributed by atoms with Crippen LogP contribution in [0.5, 0.6) is 5.75 Å². The fourth-order valence-electron chi connectivity index (χ4n) is 3.02. The number of pyridine rings is 1. The fraction of sp³-hybridized carbons (Fsp3) is 0.286. The third-order valence-corrected chi connectivity index (χ3v) is 6.51. The van der Waals surface area contributed by atoms with Gasteiger partial charge in [0, 0.05) is 48.3 Å². The number of amides is 1. The molecule has 0 saturated carbocycles. The first-order valence-corrected chi connectivity index (χ1v) is 11.4. The third-order valence-electron chi connectivity index (χ3n) is 4.68. The van der Waals surface area contributed by atoms with Crippen molar-refractivity contribution in [2.75, 3.05) is 36.6 Å². The van der Waals surface area contributed by atoms with E-state index >= 15 is 0 Å². The summed E-state index contributed by atoms with van der Waals surface area (Å²) in [6, 6.07) is 11.7. The number of nitrogens with zero attached hydrogens (tertiary/aromatic N) is 3. The number of thiazole rings is 1. The summed E-state index contributed by atoms with van der Waals surface area (Å²) in [6.07, 6.45) is 1.84. The standard InChI is InChI=1S/C21H22N4O2S2/c1-27-17-5-2-15(3-6-17)12-23-20(26)18-14-29-21(24-18)16-4-7-19(22-13-16)25-8-10-28-11-9-25/h2-7,13-14H,8-12H2,1H3,(H,23,26). The highest BCUT2D eigenvalue weighted by Crippen LogP contribution is 2.25. The maximum absolute atomic E-state index is 12.4. The molecule has 0 atom stereocenters. The summed E-state index contributed by atoms with van der Waals surface area (Å²) >= 11 is 3.44. The molecule has 1 N–H and O–H groups in total. The van der Waals surface area contributed by atoms with Gasteiger partial charge in [-0.2, -0.15) is 11.8 Å². The van der Waals surface area contributed by atoms with Crippen LogP contribution in [0.4, 0.5) is 5.82 Å². The topological polar surface area (TPSA) is 67.3 Å². The lowest BCUT2D eigenvalue weighted by atomic mass is 10.2. The Bertz CT molecular complexity index is 952. The third kappa shape index (κ3) is 4.89. The minimum absolute atomic E-state index is 0.182. The van der Waals surface area contributed by atoms with Gasteiger partial charge in [0.15, 0.2) is 0 Å². The van der Waals surface area contributed by atoms with Crippen molar-refractivity contribution in [2.45, 2.75) is 6.54 Å². The second-order valence-electron chi connectivity index (χ2n) is 6.57. The van der Waals surface area contributed by atoms with E-state index in [2.05, 4.69) is 20.2 Å². The van der Waals surface area contributed by atoms with Gasteiger partial charge in [-0.05, 0) is 29.8 Å². The van der Waals surface area contributed by atoms with Crippen molar-refractivity contribution in [1.29, 1.82) is 0 Å². The molecule has 3 heterocycles. The van der Waals surface area contributed by atoms with E-state index in [-0.39, 0.29) is 5.91 Å². The molecule has 0 spiro atoms. The minimum Gasteiger partial charge on any atom is -0.497 e. The molecular formula is C21H22N4O2S2. The van der Waals surface area contributed by atoms with Gasteiger partial charge in [0.2, 0.25) is 0 Å². The Morgan fingerprint density at radius 3 is 2.66 bits per heavy atom. The number of nitrogens with one attached hydrogen (secondary N) is 1. The van der Waals surface area contributed by atoms with Crippen molar-refractivity contribution in [3.8, 4) is 16.3 Å². The van der Waals surface area contributed by atoms with Crippen LogP contribution in [0.3, 0.4) is 0 Å². The number of aromatic nitrogens is 2. The molecule has 0 bridgehead atoms. The van der Waals surface area contributed by atoms with Crippen molar-refractivity contribution in [2.24, 2.45) is 0 Å². The molecular weight excluding hydrogens is 404 g/mol. The molecule has 0 radical (unpaired) electrons. The molecule has 6 nitrogen and oxygen atoms in total. The number of methoxy groups -OCH3 is 1. The van der Waals surface area contributed by atoms with E-state index in [0.717, 1.165) is 52.3 Å². The molecule has 0 unspecified atom stereocenters. The van der Waals surface area contributed by atoms with E-state index in [4.69, 9.17) is 4.74 Å². The molecule has 4 rings (SSSR count). The summed E-state index contributed by atoms with van der Waals surface area (Å²) in [7, 11) is 1.63. The fourth-order valence-corrected chi connectivity index (χ4v) is 4.71. The van der Waals surface area contributed by atoms with E-state index in [0.29, 0.717) is 12.2 Å². The largest absolute Gasteiger partial charge is 0.497 e. The van der Waals surface area contributed by atoms with Crippen molar-refractivity contribution in [3.63, 3.8) is 0 Å². The number of carbonyl (C=O) groups excluding carboxylic acids is 1.